The number of nitrogens with zero attached hydrogens (tertiary/aromatic N) is 3. The Balaban J connectivity index is 1.59. The maximum absolute atomic E-state index is 14.3. The Bertz CT molecular complexity index is 2070. The van der Waals surface area contributed by atoms with Crippen molar-refractivity contribution in [2.24, 2.45) is 4.99 Å². The summed E-state index contributed by atoms with van der Waals surface area (Å²) in [4.78, 5) is 34.6. The summed E-state index contributed by atoms with van der Waals surface area (Å²) in [5, 5.41) is 0. The first kappa shape index (κ1) is 30.1. The second kappa shape index (κ2) is 12.6. The molecule has 6 nitrogen and oxygen atoms in total. The molecule has 0 unspecified atom stereocenters. The van der Waals surface area contributed by atoms with E-state index in [1.54, 1.807) is 23.3 Å². The third-order valence-corrected chi connectivity index (χ3v) is 9.90. The van der Waals surface area contributed by atoms with Crippen LogP contribution in [0.4, 0.5) is 0 Å². The van der Waals surface area contributed by atoms with Gasteiger partial charge < -0.3 is 9.30 Å². The lowest BCUT2D eigenvalue weighted by molar-refractivity contribution is -0.138. The molecule has 44 heavy (non-hydrogen) atoms. The minimum absolute atomic E-state index is 0.199. The molecule has 0 saturated heterocycles. The van der Waals surface area contributed by atoms with Crippen molar-refractivity contribution in [3.05, 3.63) is 143 Å². The van der Waals surface area contributed by atoms with Gasteiger partial charge in [-0.1, -0.05) is 69.7 Å². The zero-order valence-corrected chi connectivity index (χ0v) is 27.9. The van der Waals surface area contributed by atoms with E-state index in [9.17, 15) is 9.59 Å². The number of rotatable bonds is 7. The molecule has 3 heterocycles. The summed E-state index contributed by atoms with van der Waals surface area (Å²) < 4.78 is 11.0. The minimum atomic E-state index is -0.700. The Labute approximate surface area is 272 Å². The van der Waals surface area contributed by atoms with Crippen LogP contribution in [0.2, 0.25) is 0 Å². The summed E-state index contributed by atoms with van der Waals surface area (Å²) in [5.41, 5.74) is 6.35. The smallest absolute Gasteiger partial charge is 0.338 e. The number of benzene rings is 3. The standard InChI is InChI=1S/C35H30BrN3O3S2/c1-5-42-34(41)30-31(23-9-7-6-8-10-23)37-35-39(32(30)24-11-17-28(43-4)18-12-24)33(40)29(44-35)20-25-19-21(2)38(22(25)3)27-15-13-26(36)14-16-27/h6-20,32H,5H2,1-4H3/b29-20-/t32-/m0/s1. The Morgan fingerprint density at radius 3 is 2.41 bits per heavy atom. The molecule has 0 bridgehead atoms. The first-order valence-electron chi connectivity index (χ1n) is 14.2. The Morgan fingerprint density at radius 2 is 1.75 bits per heavy atom. The van der Waals surface area contributed by atoms with Crippen LogP contribution in [-0.2, 0) is 9.53 Å². The van der Waals surface area contributed by atoms with Gasteiger partial charge in [0.05, 0.1) is 28.5 Å². The van der Waals surface area contributed by atoms with Gasteiger partial charge in [-0.3, -0.25) is 9.36 Å². The second-order valence-electron chi connectivity index (χ2n) is 10.3. The number of aromatic nitrogens is 2. The Hall–Kier alpha value is -3.92. The number of carbonyl (C=O) groups is 1. The number of thiazole rings is 1. The third kappa shape index (κ3) is 5.56. The van der Waals surface area contributed by atoms with Crippen molar-refractivity contribution >= 4 is 56.8 Å². The minimum Gasteiger partial charge on any atom is -0.463 e. The van der Waals surface area contributed by atoms with E-state index in [1.807, 2.05) is 79.1 Å². The summed E-state index contributed by atoms with van der Waals surface area (Å²) in [6.45, 7) is 6.11. The zero-order chi connectivity index (χ0) is 31.0. The molecule has 0 amide bonds. The molecule has 0 aliphatic carbocycles. The highest BCUT2D eigenvalue weighted by atomic mass is 79.9. The molecule has 1 atom stereocenters. The average molecular weight is 685 g/mol. The molecular weight excluding hydrogens is 654 g/mol. The SMILES string of the molecule is CCOC(=O)C1=C(c2ccccc2)N=c2s/c(=C\c3cc(C)n(-c4ccc(Br)cc4)c3C)c(=O)n2[C@H]1c1ccc(SC)cc1. The van der Waals surface area contributed by atoms with Crippen molar-refractivity contribution in [3.8, 4) is 5.69 Å². The largest absolute Gasteiger partial charge is 0.463 e. The van der Waals surface area contributed by atoms with Crippen LogP contribution >= 0.6 is 39.0 Å². The highest BCUT2D eigenvalue weighted by Crippen LogP contribution is 2.35. The summed E-state index contributed by atoms with van der Waals surface area (Å²) in [7, 11) is 0. The van der Waals surface area contributed by atoms with Crippen LogP contribution in [0.1, 0.15) is 41.0 Å². The van der Waals surface area contributed by atoms with Crippen molar-refractivity contribution in [1.82, 2.24) is 9.13 Å². The van der Waals surface area contributed by atoms with Gasteiger partial charge in [-0.15, -0.1) is 11.8 Å². The number of thioether (sulfide) groups is 1. The number of ether oxygens (including phenoxy) is 1. The van der Waals surface area contributed by atoms with Gasteiger partial charge in [-0.05, 0) is 86.7 Å². The van der Waals surface area contributed by atoms with Gasteiger partial charge in [0.2, 0.25) is 0 Å². The summed E-state index contributed by atoms with van der Waals surface area (Å²) >= 11 is 6.49. The molecule has 3 aromatic carbocycles. The van der Waals surface area contributed by atoms with Gasteiger partial charge in [0.15, 0.2) is 4.80 Å². The van der Waals surface area contributed by atoms with Crippen molar-refractivity contribution in [2.75, 3.05) is 12.9 Å². The predicted octanol–water partition coefficient (Wildman–Crippen LogP) is 6.83. The van der Waals surface area contributed by atoms with Crippen LogP contribution < -0.4 is 14.9 Å². The number of hydrogen-bond acceptors (Lipinski definition) is 6. The highest BCUT2D eigenvalue weighted by molar-refractivity contribution is 9.10. The van der Waals surface area contributed by atoms with Crippen LogP contribution in [0.15, 0.2) is 110 Å². The lowest BCUT2D eigenvalue weighted by atomic mass is 9.93. The first-order valence-corrected chi connectivity index (χ1v) is 17.0. The fraction of sp³-hybridized carbons (Fsp3) is 0.171. The average Bonchev–Trinajstić information content (AvgIpc) is 3.50. The molecule has 0 N–H and O–H groups in total. The number of hydrogen-bond donors (Lipinski definition) is 0. The zero-order valence-electron chi connectivity index (χ0n) is 24.7. The first-order chi connectivity index (χ1) is 21.3. The van der Waals surface area contributed by atoms with Gasteiger partial charge in [0, 0.05) is 32.0 Å². The molecule has 0 saturated carbocycles. The number of halogens is 1. The van der Waals surface area contributed by atoms with Gasteiger partial charge in [0.1, 0.15) is 0 Å². The highest BCUT2D eigenvalue weighted by Gasteiger charge is 2.35. The van der Waals surface area contributed by atoms with E-state index in [0.717, 1.165) is 43.1 Å². The molecule has 9 heteroatoms. The van der Waals surface area contributed by atoms with E-state index in [4.69, 9.17) is 9.73 Å². The molecule has 0 fully saturated rings. The fourth-order valence-corrected chi connectivity index (χ4v) is 7.27. The summed E-state index contributed by atoms with van der Waals surface area (Å²) in [6, 6.07) is 27.1. The maximum atomic E-state index is 14.3. The van der Waals surface area contributed by atoms with Crippen molar-refractivity contribution < 1.29 is 9.53 Å². The fourth-order valence-electron chi connectivity index (χ4n) is 5.60. The summed E-state index contributed by atoms with van der Waals surface area (Å²) in [5.74, 6) is -0.485. The van der Waals surface area contributed by atoms with Gasteiger partial charge in [-0.25, -0.2) is 9.79 Å². The molecule has 1 aliphatic heterocycles. The van der Waals surface area contributed by atoms with Gasteiger partial charge in [-0.2, -0.15) is 0 Å². The van der Waals surface area contributed by atoms with Crippen molar-refractivity contribution in [1.29, 1.82) is 0 Å². The third-order valence-electron chi connectivity index (χ3n) is 7.65. The van der Waals surface area contributed by atoms with Crippen LogP contribution in [-0.4, -0.2) is 28.0 Å². The van der Waals surface area contributed by atoms with E-state index in [2.05, 4.69) is 52.5 Å². The van der Waals surface area contributed by atoms with E-state index >= 15 is 0 Å². The monoisotopic (exact) mass is 683 g/mol. The van der Waals surface area contributed by atoms with E-state index in [0.29, 0.717) is 20.6 Å². The van der Waals surface area contributed by atoms with E-state index in [-0.39, 0.29) is 12.2 Å². The molecule has 2 aromatic heterocycles. The van der Waals surface area contributed by atoms with Gasteiger partial charge in [0.25, 0.3) is 5.56 Å². The molecule has 0 spiro atoms. The predicted molar refractivity (Wildman–Crippen MR) is 182 cm³/mol. The molecule has 1 aliphatic rings. The lowest BCUT2D eigenvalue weighted by Gasteiger charge is -2.26. The second-order valence-corrected chi connectivity index (χ2v) is 13.1. The quantitative estimate of drug-likeness (QED) is 0.139. The van der Waals surface area contributed by atoms with Crippen molar-refractivity contribution in [2.45, 2.75) is 31.7 Å². The van der Waals surface area contributed by atoms with Crippen LogP contribution in [0.3, 0.4) is 0 Å². The van der Waals surface area contributed by atoms with Crippen LogP contribution in [0.5, 0.6) is 0 Å². The topological polar surface area (TPSA) is 65.6 Å². The van der Waals surface area contributed by atoms with Gasteiger partial charge >= 0.3 is 5.97 Å². The van der Waals surface area contributed by atoms with Crippen molar-refractivity contribution in [3.63, 3.8) is 0 Å². The maximum Gasteiger partial charge on any atom is 0.338 e. The molecule has 5 aromatic rings. The molecule has 222 valence electrons. The number of esters is 1. The summed E-state index contributed by atoms with van der Waals surface area (Å²) in [6.07, 6.45) is 3.95. The van der Waals surface area contributed by atoms with Crippen LogP contribution in [0, 0.1) is 13.8 Å². The lowest BCUT2D eigenvalue weighted by Crippen LogP contribution is -2.40. The Morgan fingerprint density at radius 1 is 1.05 bits per heavy atom. The Kier molecular flexibility index (Phi) is 8.62. The molecular formula is C35H30BrN3O3S2. The van der Waals surface area contributed by atoms with E-state index in [1.165, 1.54) is 11.3 Å². The number of aryl methyl sites for hydroxylation is 1. The molecule has 6 rings (SSSR count). The number of fused-ring (bicyclic) bond motifs is 1. The van der Waals surface area contributed by atoms with E-state index < -0.39 is 12.0 Å². The normalized spacial score (nSPS) is 14.8. The number of carbonyl (C=O) groups excluding carboxylic acids is 1. The van der Waals surface area contributed by atoms with Crippen LogP contribution in [0.25, 0.3) is 17.5 Å². The molecule has 0 radical (unpaired) electrons.